The molecule has 1 aromatic carbocycles. The molecule has 2 N–H and O–H groups in total. The van der Waals surface area contributed by atoms with Gasteiger partial charge in [0, 0.05) is 6.54 Å². The summed E-state index contributed by atoms with van der Waals surface area (Å²) in [5.41, 5.74) is -0.363. The number of rotatable bonds is 6. The maximum Gasteiger partial charge on any atom is 0.261 e. The zero-order valence-corrected chi connectivity index (χ0v) is 14.9. The molecule has 0 unspecified atom stereocenters. The van der Waals surface area contributed by atoms with Crippen molar-refractivity contribution in [2.75, 3.05) is 40.3 Å². The van der Waals surface area contributed by atoms with Crippen LogP contribution in [0, 0.1) is 0 Å². The Bertz CT molecular complexity index is 781. The average Bonchev–Trinajstić information content (AvgIpc) is 2.58. The van der Waals surface area contributed by atoms with Crippen LogP contribution in [0.2, 0.25) is 0 Å². The SMILES string of the molecule is CN(C)CCOc1ccc2ncn(CC3(O)CCNCC3)c(=O)c2c1. The Morgan fingerprint density at radius 3 is 2.84 bits per heavy atom. The van der Waals surface area contributed by atoms with E-state index >= 15 is 0 Å². The second-order valence-electron chi connectivity index (χ2n) is 6.98. The molecule has 7 nitrogen and oxygen atoms in total. The Morgan fingerprint density at radius 1 is 1.36 bits per heavy atom. The molecule has 7 heteroatoms. The van der Waals surface area contributed by atoms with Crippen LogP contribution in [0.3, 0.4) is 0 Å². The van der Waals surface area contributed by atoms with Gasteiger partial charge in [-0.25, -0.2) is 4.98 Å². The predicted molar refractivity (Wildman–Crippen MR) is 97.1 cm³/mol. The van der Waals surface area contributed by atoms with E-state index in [0.29, 0.717) is 36.1 Å². The van der Waals surface area contributed by atoms with Gasteiger partial charge in [-0.15, -0.1) is 0 Å². The van der Waals surface area contributed by atoms with Crippen LogP contribution in [0.25, 0.3) is 10.9 Å². The first-order valence-electron chi connectivity index (χ1n) is 8.67. The topological polar surface area (TPSA) is 79.6 Å². The van der Waals surface area contributed by atoms with Crippen LogP contribution in [0.5, 0.6) is 5.75 Å². The third-order valence-corrected chi connectivity index (χ3v) is 4.60. The van der Waals surface area contributed by atoms with Gasteiger partial charge >= 0.3 is 0 Å². The van der Waals surface area contributed by atoms with E-state index < -0.39 is 5.60 Å². The van der Waals surface area contributed by atoms with Gasteiger partial charge in [-0.05, 0) is 58.2 Å². The van der Waals surface area contributed by atoms with Crippen LogP contribution in [-0.4, -0.2) is 65.5 Å². The minimum Gasteiger partial charge on any atom is -0.492 e. The molecule has 2 heterocycles. The summed E-state index contributed by atoms with van der Waals surface area (Å²) in [6.45, 7) is 3.14. The fourth-order valence-electron chi connectivity index (χ4n) is 3.05. The van der Waals surface area contributed by atoms with E-state index in [1.54, 1.807) is 12.1 Å². The quantitative estimate of drug-likeness (QED) is 0.791. The van der Waals surface area contributed by atoms with Crippen LogP contribution in [0.15, 0.2) is 29.3 Å². The van der Waals surface area contributed by atoms with Gasteiger partial charge in [0.05, 0.1) is 29.4 Å². The number of piperidine rings is 1. The molecule has 136 valence electrons. The smallest absolute Gasteiger partial charge is 0.261 e. The molecule has 0 aliphatic carbocycles. The lowest BCUT2D eigenvalue weighted by molar-refractivity contribution is -0.00627. The van der Waals surface area contributed by atoms with E-state index in [1.807, 2.05) is 25.1 Å². The molecular weight excluding hydrogens is 320 g/mol. The number of aromatic nitrogens is 2. The third kappa shape index (κ3) is 4.36. The summed E-state index contributed by atoms with van der Waals surface area (Å²) in [7, 11) is 3.97. The minimum absolute atomic E-state index is 0.144. The van der Waals surface area contributed by atoms with Gasteiger partial charge in [-0.1, -0.05) is 0 Å². The van der Waals surface area contributed by atoms with Crippen molar-refractivity contribution in [3.63, 3.8) is 0 Å². The van der Waals surface area contributed by atoms with Crippen molar-refractivity contribution in [1.29, 1.82) is 0 Å². The standard InChI is InChI=1S/C18H26N4O3/c1-21(2)9-10-25-14-3-4-16-15(11-14)17(23)22(13-20-16)12-18(24)5-7-19-8-6-18/h3-4,11,13,19,24H,5-10,12H2,1-2H3. The highest BCUT2D eigenvalue weighted by Crippen LogP contribution is 2.21. The molecule has 2 aromatic rings. The van der Waals surface area contributed by atoms with Gasteiger partial charge in [-0.3, -0.25) is 9.36 Å². The van der Waals surface area contributed by atoms with Crippen LogP contribution in [-0.2, 0) is 6.54 Å². The summed E-state index contributed by atoms with van der Waals surface area (Å²) in [6.07, 6.45) is 2.79. The third-order valence-electron chi connectivity index (χ3n) is 4.60. The molecule has 1 aliphatic heterocycles. The maximum atomic E-state index is 12.8. The highest BCUT2D eigenvalue weighted by atomic mass is 16.5. The molecule has 25 heavy (non-hydrogen) atoms. The highest BCUT2D eigenvalue weighted by Gasteiger charge is 2.30. The fraction of sp³-hybridized carbons (Fsp3) is 0.556. The summed E-state index contributed by atoms with van der Waals surface area (Å²) >= 11 is 0. The fourth-order valence-corrected chi connectivity index (χ4v) is 3.05. The molecule has 0 atom stereocenters. The van der Waals surface area contributed by atoms with Crippen molar-refractivity contribution in [1.82, 2.24) is 19.8 Å². The van der Waals surface area contributed by atoms with E-state index in [-0.39, 0.29) is 12.1 Å². The van der Waals surface area contributed by atoms with Crippen molar-refractivity contribution in [3.05, 3.63) is 34.9 Å². The summed E-state index contributed by atoms with van der Waals surface area (Å²) in [5.74, 6) is 0.659. The lowest BCUT2D eigenvalue weighted by Crippen LogP contribution is -2.46. The molecule has 0 bridgehead atoms. The second-order valence-corrected chi connectivity index (χ2v) is 6.98. The van der Waals surface area contributed by atoms with Crippen LogP contribution < -0.4 is 15.6 Å². The maximum absolute atomic E-state index is 12.8. The summed E-state index contributed by atoms with van der Waals surface area (Å²) in [5, 5.41) is 14.4. The monoisotopic (exact) mass is 346 g/mol. The Labute approximate surface area is 147 Å². The molecular formula is C18H26N4O3. The van der Waals surface area contributed by atoms with E-state index in [1.165, 1.54) is 10.9 Å². The van der Waals surface area contributed by atoms with Crippen molar-refractivity contribution in [3.8, 4) is 5.75 Å². The lowest BCUT2D eigenvalue weighted by Gasteiger charge is -2.32. The Hall–Kier alpha value is -1.96. The molecule has 0 radical (unpaired) electrons. The second kappa shape index (κ2) is 7.51. The number of hydrogen-bond donors (Lipinski definition) is 2. The van der Waals surface area contributed by atoms with Crippen molar-refractivity contribution in [2.24, 2.45) is 0 Å². The summed E-state index contributed by atoms with van der Waals surface area (Å²) in [6, 6.07) is 5.36. The predicted octanol–water partition coefficient (Wildman–Crippen LogP) is 0.451. The van der Waals surface area contributed by atoms with Gasteiger partial charge in [0.15, 0.2) is 0 Å². The number of nitrogens with one attached hydrogen (secondary N) is 1. The van der Waals surface area contributed by atoms with E-state index in [0.717, 1.165) is 19.6 Å². The molecule has 3 rings (SSSR count). The largest absolute Gasteiger partial charge is 0.492 e. The van der Waals surface area contributed by atoms with E-state index in [4.69, 9.17) is 4.74 Å². The van der Waals surface area contributed by atoms with Crippen molar-refractivity contribution < 1.29 is 9.84 Å². The first-order valence-corrected chi connectivity index (χ1v) is 8.67. The number of ether oxygens (including phenoxy) is 1. The molecule has 0 saturated carbocycles. The zero-order chi connectivity index (χ0) is 17.9. The molecule has 1 aromatic heterocycles. The first kappa shape index (κ1) is 17.8. The molecule has 0 amide bonds. The molecule has 1 fully saturated rings. The van der Waals surface area contributed by atoms with Crippen LogP contribution in [0.1, 0.15) is 12.8 Å². The summed E-state index contributed by atoms with van der Waals surface area (Å²) < 4.78 is 7.23. The molecule has 1 aliphatic rings. The Morgan fingerprint density at radius 2 is 2.12 bits per heavy atom. The van der Waals surface area contributed by atoms with Gasteiger partial charge in [0.25, 0.3) is 5.56 Å². The lowest BCUT2D eigenvalue weighted by atomic mass is 9.92. The highest BCUT2D eigenvalue weighted by molar-refractivity contribution is 5.78. The minimum atomic E-state index is -0.857. The van der Waals surface area contributed by atoms with Gasteiger partial charge in [0.2, 0.25) is 0 Å². The molecule has 1 saturated heterocycles. The molecule has 0 spiro atoms. The normalized spacial score (nSPS) is 17.1. The number of aliphatic hydroxyl groups is 1. The number of likely N-dealkylation sites (N-methyl/N-ethyl adjacent to an activating group) is 1. The number of fused-ring (bicyclic) bond motifs is 1. The van der Waals surface area contributed by atoms with E-state index in [2.05, 4.69) is 10.3 Å². The van der Waals surface area contributed by atoms with Gasteiger partial charge < -0.3 is 20.1 Å². The van der Waals surface area contributed by atoms with Crippen molar-refractivity contribution in [2.45, 2.75) is 25.0 Å². The van der Waals surface area contributed by atoms with Gasteiger partial charge in [0.1, 0.15) is 12.4 Å². The van der Waals surface area contributed by atoms with Gasteiger partial charge in [-0.2, -0.15) is 0 Å². The Balaban J connectivity index is 1.83. The first-order chi connectivity index (χ1) is 12.0. The van der Waals surface area contributed by atoms with Crippen molar-refractivity contribution >= 4 is 10.9 Å². The summed E-state index contributed by atoms with van der Waals surface area (Å²) in [4.78, 5) is 19.2. The Kier molecular flexibility index (Phi) is 5.36. The van der Waals surface area contributed by atoms with Crippen LogP contribution >= 0.6 is 0 Å². The number of hydrogen-bond acceptors (Lipinski definition) is 6. The number of benzene rings is 1. The van der Waals surface area contributed by atoms with Crippen LogP contribution in [0.4, 0.5) is 0 Å². The zero-order valence-electron chi connectivity index (χ0n) is 14.9. The number of nitrogens with zero attached hydrogens (tertiary/aromatic N) is 3. The van der Waals surface area contributed by atoms with E-state index in [9.17, 15) is 9.90 Å². The average molecular weight is 346 g/mol.